The minimum Gasteiger partial charge on any atom is -0.469 e. The summed E-state index contributed by atoms with van der Waals surface area (Å²) < 4.78 is 5.57. The van der Waals surface area contributed by atoms with Crippen LogP contribution in [0.5, 0.6) is 0 Å². The molecule has 1 saturated heterocycles. The molecule has 0 amide bonds. The monoisotopic (exact) mass is 179 g/mol. The first-order chi connectivity index (χ1) is 6.42. The first-order valence-electron chi connectivity index (χ1n) is 5.18. The quantitative estimate of drug-likeness (QED) is 0.753. The topological polar surface area (TPSA) is 25.2 Å². The first-order valence-corrected chi connectivity index (χ1v) is 5.18. The summed E-state index contributed by atoms with van der Waals surface area (Å²) in [7, 11) is 0. The van der Waals surface area contributed by atoms with Crippen LogP contribution in [-0.2, 0) is 6.42 Å². The van der Waals surface area contributed by atoms with Crippen molar-refractivity contribution in [1.29, 1.82) is 0 Å². The highest BCUT2D eigenvalue weighted by molar-refractivity contribution is 5.21. The minimum absolute atomic E-state index is 0.659. The molecular formula is C11H17NO. The predicted molar refractivity (Wildman–Crippen MR) is 52.9 cm³/mol. The molecule has 13 heavy (non-hydrogen) atoms. The van der Waals surface area contributed by atoms with Crippen molar-refractivity contribution >= 4 is 0 Å². The average Bonchev–Trinajstić information content (AvgIpc) is 2.67. The molecule has 0 bridgehead atoms. The molecule has 0 radical (unpaired) electrons. The third-order valence-electron chi connectivity index (χ3n) is 2.87. The SMILES string of the molecule is CCc1ccoc1C1CCNCC1. The van der Waals surface area contributed by atoms with Crippen molar-refractivity contribution in [3.05, 3.63) is 23.7 Å². The molecule has 0 saturated carbocycles. The van der Waals surface area contributed by atoms with Gasteiger partial charge in [0.25, 0.3) is 0 Å². The number of nitrogens with one attached hydrogen (secondary N) is 1. The molecule has 2 nitrogen and oxygen atoms in total. The molecule has 0 aliphatic carbocycles. The van der Waals surface area contributed by atoms with Crippen molar-refractivity contribution in [3.63, 3.8) is 0 Å². The summed E-state index contributed by atoms with van der Waals surface area (Å²) in [5, 5.41) is 3.37. The largest absolute Gasteiger partial charge is 0.469 e. The Bertz CT molecular complexity index is 261. The van der Waals surface area contributed by atoms with Gasteiger partial charge < -0.3 is 9.73 Å². The summed E-state index contributed by atoms with van der Waals surface area (Å²) in [5.41, 5.74) is 1.40. The van der Waals surface area contributed by atoms with E-state index in [2.05, 4.69) is 18.3 Å². The molecular weight excluding hydrogens is 162 g/mol. The summed E-state index contributed by atoms with van der Waals surface area (Å²) in [5.74, 6) is 1.90. The van der Waals surface area contributed by atoms with Crippen molar-refractivity contribution in [2.45, 2.75) is 32.1 Å². The Labute approximate surface area is 79.3 Å². The van der Waals surface area contributed by atoms with E-state index in [9.17, 15) is 0 Å². The molecule has 0 unspecified atom stereocenters. The third kappa shape index (κ3) is 1.78. The molecule has 1 aromatic rings. The lowest BCUT2D eigenvalue weighted by atomic mass is 9.92. The Morgan fingerprint density at radius 2 is 2.23 bits per heavy atom. The van der Waals surface area contributed by atoms with E-state index in [1.54, 1.807) is 0 Å². The van der Waals surface area contributed by atoms with Gasteiger partial charge in [-0.3, -0.25) is 0 Å². The lowest BCUT2D eigenvalue weighted by Crippen LogP contribution is -2.26. The fraction of sp³-hybridized carbons (Fsp3) is 0.636. The van der Waals surface area contributed by atoms with Gasteiger partial charge in [-0.25, -0.2) is 0 Å². The van der Waals surface area contributed by atoms with Gasteiger partial charge in [0.05, 0.1) is 6.26 Å². The Hall–Kier alpha value is -0.760. The summed E-state index contributed by atoms with van der Waals surface area (Å²) in [4.78, 5) is 0. The highest BCUT2D eigenvalue weighted by atomic mass is 16.3. The van der Waals surface area contributed by atoms with Gasteiger partial charge >= 0.3 is 0 Å². The predicted octanol–water partition coefficient (Wildman–Crippen LogP) is 2.31. The van der Waals surface area contributed by atoms with Crippen LogP contribution in [-0.4, -0.2) is 13.1 Å². The summed E-state index contributed by atoms with van der Waals surface area (Å²) in [6, 6.07) is 2.11. The van der Waals surface area contributed by atoms with Gasteiger partial charge in [0.2, 0.25) is 0 Å². The smallest absolute Gasteiger partial charge is 0.110 e. The number of aryl methyl sites for hydroxylation is 1. The number of rotatable bonds is 2. The van der Waals surface area contributed by atoms with E-state index in [0.29, 0.717) is 5.92 Å². The Morgan fingerprint density at radius 3 is 2.92 bits per heavy atom. The Balaban J connectivity index is 2.13. The molecule has 0 aromatic carbocycles. The maximum absolute atomic E-state index is 5.57. The third-order valence-corrected chi connectivity index (χ3v) is 2.87. The van der Waals surface area contributed by atoms with E-state index >= 15 is 0 Å². The fourth-order valence-corrected chi connectivity index (χ4v) is 2.08. The van der Waals surface area contributed by atoms with Gasteiger partial charge in [-0.2, -0.15) is 0 Å². The molecule has 72 valence electrons. The van der Waals surface area contributed by atoms with Crippen molar-refractivity contribution in [1.82, 2.24) is 5.32 Å². The fourth-order valence-electron chi connectivity index (χ4n) is 2.08. The van der Waals surface area contributed by atoms with Crippen molar-refractivity contribution in [2.75, 3.05) is 13.1 Å². The number of furan rings is 1. The maximum Gasteiger partial charge on any atom is 0.110 e. The highest BCUT2D eigenvalue weighted by Gasteiger charge is 2.20. The zero-order valence-electron chi connectivity index (χ0n) is 8.18. The zero-order chi connectivity index (χ0) is 9.10. The molecule has 1 aliphatic rings. The van der Waals surface area contributed by atoms with Gasteiger partial charge in [0.15, 0.2) is 0 Å². The molecule has 0 atom stereocenters. The van der Waals surface area contributed by atoms with Crippen LogP contribution in [0, 0.1) is 0 Å². The van der Waals surface area contributed by atoms with Crippen molar-refractivity contribution in [3.8, 4) is 0 Å². The number of hydrogen-bond donors (Lipinski definition) is 1. The molecule has 0 spiro atoms. The standard InChI is InChI=1S/C11H17NO/c1-2-9-5-8-13-11(9)10-3-6-12-7-4-10/h5,8,10,12H,2-4,6-7H2,1H3. The Kier molecular flexibility index (Phi) is 2.69. The lowest BCUT2D eigenvalue weighted by Gasteiger charge is -2.21. The van der Waals surface area contributed by atoms with Gasteiger partial charge in [-0.15, -0.1) is 0 Å². The normalized spacial score (nSPS) is 19.2. The van der Waals surface area contributed by atoms with E-state index in [4.69, 9.17) is 4.42 Å². The number of hydrogen-bond acceptors (Lipinski definition) is 2. The van der Waals surface area contributed by atoms with E-state index in [1.165, 1.54) is 24.2 Å². The first kappa shape index (κ1) is 8.82. The van der Waals surface area contributed by atoms with E-state index in [1.807, 2.05) is 6.26 Å². The van der Waals surface area contributed by atoms with Crippen LogP contribution in [0.1, 0.15) is 37.0 Å². The van der Waals surface area contributed by atoms with Crippen LogP contribution in [0.25, 0.3) is 0 Å². The van der Waals surface area contributed by atoms with E-state index in [-0.39, 0.29) is 0 Å². The summed E-state index contributed by atoms with van der Waals surface area (Å²) in [6.45, 7) is 4.46. The van der Waals surface area contributed by atoms with Gasteiger partial charge in [-0.05, 0) is 44.0 Å². The Morgan fingerprint density at radius 1 is 1.46 bits per heavy atom. The summed E-state index contributed by atoms with van der Waals surface area (Å²) >= 11 is 0. The van der Waals surface area contributed by atoms with Crippen LogP contribution in [0.4, 0.5) is 0 Å². The second-order valence-corrected chi connectivity index (χ2v) is 3.69. The maximum atomic E-state index is 5.57. The zero-order valence-corrected chi connectivity index (χ0v) is 8.18. The highest BCUT2D eigenvalue weighted by Crippen LogP contribution is 2.28. The molecule has 1 aromatic heterocycles. The lowest BCUT2D eigenvalue weighted by molar-refractivity contribution is 0.383. The molecule has 1 fully saturated rings. The van der Waals surface area contributed by atoms with Crippen molar-refractivity contribution in [2.24, 2.45) is 0 Å². The van der Waals surface area contributed by atoms with Gasteiger partial charge in [0, 0.05) is 5.92 Å². The second kappa shape index (κ2) is 3.97. The molecule has 1 N–H and O–H groups in total. The number of piperidine rings is 1. The molecule has 2 heterocycles. The van der Waals surface area contributed by atoms with Gasteiger partial charge in [0.1, 0.15) is 5.76 Å². The minimum atomic E-state index is 0.659. The van der Waals surface area contributed by atoms with Crippen LogP contribution < -0.4 is 5.32 Å². The van der Waals surface area contributed by atoms with Crippen LogP contribution >= 0.6 is 0 Å². The molecule has 2 heteroatoms. The average molecular weight is 179 g/mol. The van der Waals surface area contributed by atoms with Crippen molar-refractivity contribution < 1.29 is 4.42 Å². The van der Waals surface area contributed by atoms with Crippen LogP contribution in [0.2, 0.25) is 0 Å². The van der Waals surface area contributed by atoms with Crippen LogP contribution in [0.15, 0.2) is 16.7 Å². The molecule has 1 aliphatic heterocycles. The van der Waals surface area contributed by atoms with E-state index < -0.39 is 0 Å². The van der Waals surface area contributed by atoms with E-state index in [0.717, 1.165) is 19.5 Å². The summed E-state index contributed by atoms with van der Waals surface area (Å²) in [6.07, 6.45) is 5.37. The second-order valence-electron chi connectivity index (χ2n) is 3.69. The van der Waals surface area contributed by atoms with Crippen LogP contribution in [0.3, 0.4) is 0 Å². The van der Waals surface area contributed by atoms with Gasteiger partial charge in [-0.1, -0.05) is 6.92 Å². The molecule has 2 rings (SSSR count).